The Hall–Kier alpha value is -1.13. The third-order valence-electron chi connectivity index (χ3n) is 3.41. The summed E-state index contributed by atoms with van der Waals surface area (Å²) in [7, 11) is 3.25. The van der Waals surface area contributed by atoms with Crippen molar-refractivity contribution in [3.05, 3.63) is 17.2 Å². The molecule has 18 heavy (non-hydrogen) atoms. The lowest BCUT2D eigenvalue weighted by molar-refractivity contribution is 0.394. The van der Waals surface area contributed by atoms with Crippen LogP contribution in [-0.4, -0.2) is 33.9 Å². The first-order chi connectivity index (χ1) is 8.69. The molecule has 2 N–H and O–H groups in total. The summed E-state index contributed by atoms with van der Waals surface area (Å²) in [5, 5.41) is 0.601. The molecule has 0 saturated carbocycles. The fraction of sp³-hybridized carbons (Fsp3) is 0.538. The van der Waals surface area contributed by atoms with Crippen molar-refractivity contribution in [3.8, 4) is 11.5 Å². The summed E-state index contributed by atoms with van der Waals surface area (Å²) in [6.45, 7) is 2.67. The number of halogens is 1. The smallest absolute Gasteiger partial charge is 0.145 e. The van der Waals surface area contributed by atoms with Crippen molar-refractivity contribution >= 4 is 17.3 Å². The van der Waals surface area contributed by atoms with Crippen LogP contribution in [0.25, 0.3) is 0 Å². The molecule has 1 aromatic carbocycles. The largest absolute Gasteiger partial charge is 0.495 e. The van der Waals surface area contributed by atoms with E-state index >= 15 is 0 Å². The third kappa shape index (κ3) is 2.49. The van der Waals surface area contributed by atoms with Crippen molar-refractivity contribution in [3.63, 3.8) is 0 Å². The summed E-state index contributed by atoms with van der Waals surface area (Å²) in [5.41, 5.74) is 6.73. The molecule has 2 rings (SSSR count). The highest BCUT2D eigenvalue weighted by molar-refractivity contribution is 6.32. The van der Waals surface area contributed by atoms with Gasteiger partial charge < -0.3 is 20.1 Å². The molecule has 100 valence electrons. The summed E-state index contributed by atoms with van der Waals surface area (Å²) in [6.07, 6.45) is 1.11. The van der Waals surface area contributed by atoms with Crippen LogP contribution >= 0.6 is 11.6 Å². The van der Waals surface area contributed by atoms with Gasteiger partial charge in [0.1, 0.15) is 11.5 Å². The van der Waals surface area contributed by atoms with Crippen molar-refractivity contribution in [1.29, 1.82) is 0 Å². The standard InChI is InChI=1S/C13H19ClN2O2/c1-17-12-6-13(18-2)11(5-10(12)14)16-4-3-9(7-15)8-16/h5-6,9H,3-4,7-8,15H2,1-2H3. The highest BCUT2D eigenvalue weighted by atomic mass is 35.5. The third-order valence-corrected chi connectivity index (χ3v) is 3.71. The molecular formula is C13H19ClN2O2. The average Bonchev–Trinajstić information content (AvgIpc) is 2.87. The van der Waals surface area contributed by atoms with Gasteiger partial charge in [0.15, 0.2) is 0 Å². The normalized spacial score (nSPS) is 19.1. The van der Waals surface area contributed by atoms with Gasteiger partial charge in [-0.15, -0.1) is 0 Å². The minimum absolute atomic E-state index is 0.551. The van der Waals surface area contributed by atoms with Crippen LogP contribution in [0, 0.1) is 5.92 Å². The molecule has 1 saturated heterocycles. The van der Waals surface area contributed by atoms with Gasteiger partial charge in [-0.2, -0.15) is 0 Å². The molecule has 0 bridgehead atoms. The Labute approximate surface area is 113 Å². The fourth-order valence-electron chi connectivity index (χ4n) is 2.34. The van der Waals surface area contributed by atoms with Crippen LogP contribution in [0.5, 0.6) is 11.5 Å². The van der Waals surface area contributed by atoms with Crippen molar-refractivity contribution in [1.82, 2.24) is 0 Å². The van der Waals surface area contributed by atoms with Crippen molar-refractivity contribution in [2.75, 3.05) is 38.8 Å². The molecule has 5 heteroatoms. The van der Waals surface area contributed by atoms with Gasteiger partial charge in [0.2, 0.25) is 0 Å². The second-order valence-corrected chi connectivity index (χ2v) is 4.90. The Kier molecular flexibility index (Phi) is 4.19. The highest BCUT2D eigenvalue weighted by Gasteiger charge is 2.24. The maximum Gasteiger partial charge on any atom is 0.145 e. The van der Waals surface area contributed by atoms with E-state index in [1.54, 1.807) is 14.2 Å². The van der Waals surface area contributed by atoms with E-state index in [1.165, 1.54) is 0 Å². The Morgan fingerprint density at radius 2 is 2.06 bits per heavy atom. The van der Waals surface area contributed by atoms with Crippen LogP contribution in [-0.2, 0) is 0 Å². The molecule has 0 aromatic heterocycles. The maximum absolute atomic E-state index is 6.18. The number of methoxy groups -OCH3 is 2. The molecule has 0 amide bonds. The molecule has 0 aliphatic carbocycles. The van der Waals surface area contributed by atoms with E-state index in [2.05, 4.69) is 4.90 Å². The topological polar surface area (TPSA) is 47.7 Å². The van der Waals surface area contributed by atoms with E-state index in [0.717, 1.165) is 37.5 Å². The van der Waals surface area contributed by atoms with Gasteiger partial charge in [-0.05, 0) is 24.9 Å². The average molecular weight is 271 g/mol. The second kappa shape index (κ2) is 5.67. The first-order valence-electron chi connectivity index (χ1n) is 6.06. The van der Waals surface area contributed by atoms with Gasteiger partial charge in [-0.1, -0.05) is 11.6 Å². The number of ether oxygens (including phenoxy) is 2. The molecule has 1 fully saturated rings. The summed E-state index contributed by atoms with van der Waals surface area (Å²) in [4.78, 5) is 2.27. The Morgan fingerprint density at radius 1 is 1.33 bits per heavy atom. The molecule has 1 atom stereocenters. The van der Waals surface area contributed by atoms with Gasteiger partial charge in [0.25, 0.3) is 0 Å². The number of anilines is 1. The van der Waals surface area contributed by atoms with E-state index in [-0.39, 0.29) is 0 Å². The Bertz CT molecular complexity index is 426. The number of hydrogen-bond donors (Lipinski definition) is 1. The summed E-state index contributed by atoms with van der Waals surface area (Å²) in [5.74, 6) is 1.97. The number of benzene rings is 1. The molecule has 1 aliphatic heterocycles. The van der Waals surface area contributed by atoms with Crippen molar-refractivity contribution < 1.29 is 9.47 Å². The maximum atomic E-state index is 6.18. The van der Waals surface area contributed by atoms with Crippen LogP contribution in [0.4, 0.5) is 5.69 Å². The zero-order valence-electron chi connectivity index (χ0n) is 10.8. The Balaban J connectivity index is 2.29. The number of rotatable bonds is 4. The van der Waals surface area contributed by atoms with Gasteiger partial charge >= 0.3 is 0 Å². The van der Waals surface area contributed by atoms with Crippen LogP contribution in [0.3, 0.4) is 0 Å². The van der Waals surface area contributed by atoms with Gasteiger partial charge in [0.05, 0.1) is 24.9 Å². The summed E-state index contributed by atoms with van der Waals surface area (Å²) < 4.78 is 10.6. The quantitative estimate of drug-likeness (QED) is 0.911. The van der Waals surface area contributed by atoms with Crippen LogP contribution in [0.15, 0.2) is 12.1 Å². The lowest BCUT2D eigenvalue weighted by Crippen LogP contribution is -2.23. The minimum atomic E-state index is 0.551. The van der Waals surface area contributed by atoms with Gasteiger partial charge in [-0.3, -0.25) is 0 Å². The van der Waals surface area contributed by atoms with E-state index in [9.17, 15) is 0 Å². The minimum Gasteiger partial charge on any atom is -0.495 e. The Morgan fingerprint density at radius 3 is 2.61 bits per heavy atom. The van der Waals surface area contributed by atoms with Crippen LogP contribution < -0.4 is 20.1 Å². The number of nitrogens with two attached hydrogens (primary N) is 1. The molecule has 0 spiro atoms. The molecule has 1 unspecified atom stereocenters. The van der Waals surface area contributed by atoms with Gasteiger partial charge in [0, 0.05) is 19.2 Å². The molecule has 0 radical (unpaired) electrons. The fourth-order valence-corrected chi connectivity index (χ4v) is 2.57. The molecule has 1 aliphatic rings. The molecule has 1 aromatic rings. The summed E-state index contributed by atoms with van der Waals surface area (Å²) >= 11 is 6.18. The predicted octanol–water partition coefficient (Wildman–Crippen LogP) is 2.14. The monoisotopic (exact) mass is 270 g/mol. The lowest BCUT2D eigenvalue weighted by Gasteiger charge is -2.22. The van der Waals surface area contributed by atoms with Crippen molar-refractivity contribution in [2.24, 2.45) is 11.7 Å². The number of nitrogens with zero attached hydrogens (tertiary/aromatic N) is 1. The SMILES string of the molecule is COc1cc(OC)c(N2CCC(CN)C2)cc1Cl. The van der Waals surface area contributed by atoms with E-state index in [0.29, 0.717) is 16.7 Å². The van der Waals surface area contributed by atoms with Crippen molar-refractivity contribution in [2.45, 2.75) is 6.42 Å². The molecular weight excluding hydrogens is 252 g/mol. The number of hydrogen-bond acceptors (Lipinski definition) is 4. The lowest BCUT2D eigenvalue weighted by atomic mass is 10.1. The van der Waals surface area contributed by atoms with Gasteiger partial charge in [-0.25, -0.2) is 0 Å². The van der Waals surface area contributed by atoms with E-state index in [1.807, 2.05) is 12.1 Å². The van der Waals surface area contributed by atoms with Crippen LogP contribution in [0.1, 0.15) is 6.42 Å². The first kappa shape index (κ1) is 13.3. The van der Waals surface area contributed by atoms with E-state index < -0.39 is 0 Å². The second-order valence-electron chi connectivity index (χ2n) is 4.50. The first-order valence-corrected chi connectivity index (χ1v) is 6.44. The predicted molar refractivity (Wildman–Crippen MR) is 73.9 cm³/mol. The molecule has 1 heterocycles. The van der Waals surface area contributed by atoms with E-state index in [4.69, 9.17) is 26.8 Å². The summed E-state index contributed by atoms with van der Waals surface area (Å²) in [6, 6.07) is 3.73. The zero-order valence-corrected chi connectivity index (χ0v) is 11.5. The zero-order chi connectivity index (χ0) is 13.1. The van der Waals surface area contributed by atoms with Crippen LogP contribution in [0.2, 0.25) is 5.02 Å². The molecule has 4 nitrogen and oxygen atoms in total. The highest BCUT2D eigenvalue weighted by Crippen LogP contribution is 2.39.